The van der Waals surface area contributed by atoms with E-state index in [9.17, 15) is 9.50 Å². The second-order valence-corrected chi connectivity index (χ2v) is 8.89. The van der Waals surface area contributed by atoms with E-state index in [1.54, 1.807) is 16.9 Å². The highest BCUT2D eigenvalue weighted by molar-refractivity contribution is 5.85. The van der Waals surface area contributed by atoms with Gasteiger partial charge in [0.15, 0.2) is 11.5 Å². The van der Waals surface area contributed by atoms with Crippen LogP contribution in [0.2, 0.25) is 0 Å². The maximum atomic E-state index is 13.9. The molecule has 0 bridgehead atoms. The summed E-state index contributed by atoms with van der Waals surface area (Å²) in [5.41, 5.74) is 5.65. The number of aromatic nitrogens is 6. The highest BCUT2D eigenvalue weighted by Gasteiger charge is 2.25. The van der Waals surface area contributed by atoms with Gasteiger partial charge in [0.25, 0.3) is 0 Å². The van der Waals surface area contributed by atoms with Crippen LogP contribution in [0.1, 0.15) is 36.1 Å². The molecule has 4 aromatic heterocycles. The van der Waals surface area contributed by atoms with Crippen LogP contribution in [-0.2, 0) is 12.8 Å². The predicted molar refractivity (Wildman–Crippen MR) is 127 cm³/mol. The number of aryl methyl sites for hydroxylation is 1. The molecule has 8 nitrogen and oxygen atoms in total. The van der Waals surface area contributed by atoms with Crippen molar-refractivity contribution in [3.05, 3.63) is 71.6 Å². The second kappa shape index (κ2) is 8.18. The predicted octanol–water partition coefficient (Wildman–Crippen LogP) is 3.87. The molecule has 0 radical (unpaired) electrons. The van der Waals surface area contributed by atoms with E-state index in [1.165, 1.54) is 22.7 Å². The Morgan fingerprint density at radius 3 is 2.97 bits per heavy atom. The van der Waals surface area contributed by atoms with Gasteiger partial charge in [0.1, 0.15) is 5.82 Å². The van der Waals surface area contributed by atoms with Crippen LogP contribution in [0.25, 0.3) is 27.9 Å². The molecule has 1 aliphatic rings. The molecule has 0 saturated heterocycles. The van der Waals surface area contributed by atoms with Gasteiger partial charge in [-0.1, -0.05) is 25.1 Å². The van der Waals surface area contributed by atoms with E-state index in [0.717, 1.165) is 36.5 Å². The molecular formula is C25H24FN7O. The van der Waals surface area contributed by atoms with Gasteiger partial charge in [0.2, 0.25) is 5.95 Å². The number of halogens is 1. The Kier molecular flexibility index (Phi) is 4.99. The van der Waals surface area contributed by atoms with Crippen LogP contribution in [0.4, 0.5) is 10.3 Å². The lowest BCUT2D eigenvalue weighted by Gasteiger charge is -2.24. The third kappa shape index (κ3) is 3.49. The van der Waals surface area contributed by atoms with Crippen molar-refractivity contribution in [3.8, 4) is 11.4 Å². The van der Waals surface area contributed by atoms with Gasteiger partial charge in [-0.05, 0) is 37.0 Å². The number of para-hydroxylation sites is 1. The SMILES string of the molecule is C[C@H](CO)c1cnn2c(N[C@@H]3CCc4[nH]c5ccccc5c4C3)nc(-c3cncc(F)c3)nc12. The molecule has 1 aromatic carbocycles. The fraction of sp³-hybridized carbons (Fsp3) is 0.280. The number of benzene rings is 1. The number of anilines is 1. The van der Waals surface area contributed by atoms with Crippen molar-refractivity contribution in [2.75, 3.05) is 11.9 Å². The summed E-state index contributed by atoms with van der Waals surface area (Å²) in [6.07, 6.45) is 7.13. The van der Waals surface area contributed by atoms with E-state index >= 15 is 0 Å². The van der Waals surface area contributed by atoms with E-state index in [0.29, 0.717) is 23.0 Å². The lowest BCUT2D eigenvalue weighted by Crippen LogP contribution is -2.29. The standard InChI is InChI=1S/C25H24FN7O/c1-14(13-34)20-12-28-33-24(20)31-23(15-8-16(26)11-27-10-15)32-25(33)29-17-6-7-22-19(9-17)18-4-2-3-5-21(18)30-22/h2-5,8,10-12,14,17,30,34H,6-7,9,13H2,1H3,(H,29,31,32)/t14-,17-/m1/s1. The van der Waals surface area contributed by atoms with Gasteiger partial charge in [-0.2, -0.15) is 14.6 Å². The highest BCUT2D eigenvalue weighted by atomic mass is 19.1. The third-order valence-corrected chi connectivity index (χ3v) is 6.59. The summed E-state index contributed by atoms with van der Waals surface area (Å²) in [6, 6.07) is 9.88. The number of aliphatic hydroxyl groups is 1. The van der Waals surface area contributed by atoms with Crippen LogP contribution in [0, 0.1) is 5.82 Å². The largest absolute Gasteiger partial charge is 0.396 e. The molecule has 9 heteroatoms. The molecule has 0 fully saturated rings. The van der Waals surface area contributed by atoms with Gasteiger partial charge in [-0.15, -0.1) is 0 Å². The molecule has 0 spiro atoms. The van der Waals surface area contributed by atoms with Gasteiger partial charge in [-0.25, -0.2) is 9.37 Å². The molecule has 2 atom stereocenters. The molecule has 4 heterocycles. The first-order valence-corrected chi connectivity index (χ1v) is 11.4. The average molecular weight is 458 g/mol. The summed E-state index contributed by atoms with van der Waals surface area (Å²) < 4.78 is 15.6. The van der Waals surface area contributed by atoms with E-state index < -0.39 is 5.82 Å². The van der Waals surface area contributed by atoms with Crippen LogP contribution < -0.4 is 5.32 Å². The van der Waals surface area contributed by atoms with E-state index in [-0.39, 0.29) is 18.6 Å². The van der Waals surface area contributed by atoms with Gasteiger partial charge in [0, 0.05) is 52.5 Å². The monoisotopic (exact) mass is 457 g/mol. The Labute approximate surface area is 194 Å². The molecule has 5 aromatic rings. The Bertz CT molecular complexity index is 1510. The summed E-state index contributed by atoms with van der Waals surface area (Å²) in [6.45, 7) is 1.88. The number of aromatic amines is 1. The lowest BCUT2D eigenvalue weighted by atomic mass is 9.91. The Balaban J connectivity index is 1.41. The van der Waals surface area contributed by atoms with Crippen molar-refractivity contribution < 1.29 is 9.50 Å². The van der Waals surface area contributed by atoms with Crippen molar-refractivity contribution in [2.24, 2.45) is 0 Å². The first-order valence-electron chi connectivity index (χ1n) is 11.4. The van der Waals surface area contributed by atoms with Gasteiger partial charge >= 0.3 is 0 Å². The zero-order valence-electron chi connectivity index (χ0n) is 18.7. The number of pyridine rings is 1. The third-order valence-electron chi connectivity index (χ3n) is 6.59. The molecule has 0 saturated carbocycles. The van der Waals surface area contributed by atoms with Gasteiger partial charge in [-0.3, -0.25) is 4.98 Å². The van der Waals surface area contributed by atoms with Crippen molar-refractivity contribution in [1.82, 2.24) is 29.5 Å². The molecule has 1 aliphatic carbocycles. The first-order chi connectivity index (χ1) is 16.6. The van der Waals surface area contributed by atoms with Crippen molar-refractivity contribution >= 4 is 22.5 Å². The minimum atomic E-state index is -0.452. The van der Waals surface area contributed by atoms with E-state index in [4.69, 9.17) is 4.98 Å². The summed E-state index contributed by atoms with van der Waals surface area (Å²) in [4.78, 5) is 16.9. The zero-order chi connectivity index (χ0) is 23.2. The summed E-state index contributed by atoms with van der Waals surface area (Å²) in [7, 11) is 0. The fourth-order valence-corrected chi connectivity index (χ4v) is 4.77. The minimum absolute atomic E-state index is 0.0308. The van der Waals surface area contributed by atoms with Crippen molar-refractivity contribution in [2.45, 2.75) is 38.1 Å². The van der Waals surface area contributed by atoms with Crippen molar-refractivity contribution in [1.29, 1.82) is 0 Å². The summed E-state index contributed by atoms with van der Waals surface area (Å²) in [5.74, 6) is 0.292. The van der Waals surface area contributed by atoms with Gasteiger partial charge in [0.05, 0.1) is 12.4 Å². The molecule has 0 aliphatic heterocycles. The zero-order valence-corrected chi connectivity index (χ0v) is 18.7. The number of fused-ring (bicyclic) bond motifs is 4. The van der Waals surface area contributed by atoms with Crippen LogP contribution in [0.3, 0.4) is 0 Å². The molecule has 0 amide bonds. The number of H-pyrrole nitrogens is 1. The number of nitrogens with one attached hydrogen (secondary N) is 2. The van der Waals surface area contributed by atoms with E-state index in [2.05, 4.69) is 43.6 Å². The van der Waals surface area contributed by atoms with Crippen LogP contribution in [0.15, 0.2) is 48.9 Å². The number of rotatable bonds is 5. The average Bonchev–Trinajstić information content (AvgIpc) is 3.45. The molecule has 0 unspecified atom stereocenters. The number of hydrogen-bond acceptors (Lipinski definition) is 6. The first kappa shape index (κ1) is 20.7. The van der Waals surface area contributed by atoms with Crippen LogP contribution in [0.5, 0.6) is 0 Å². The Morgan fingerprint density at radius 1 is 1.24 bits per heavy atom. The summed E-state index contributed by atoms with van der Waals surface area (Å²) in [5, 5.41) is 19.1. The molecule has 6 rings (SSSR count). The number of aliphatic hydroxyl groups excluding tert-OH is 1. The normalized spacial score (nSPS) is 16.6. The smallest absolute Gasteiger partial charge is 0.228 e. The molecule has 172 valence electrons. The van der Waals surface area contributed by atoms with Gasteiger partial charge < -0.3 is 15.4 Å². The minimum Gasteiger partial charge on any atom is -0.396 e. The Morgan fingerprint density at radius 2 is 2.12 bits per heavy atom. The molecule has 34 heavy (non-hydrogen) atoms. The van der Waals surface area contributed by atoms with Crippen molar-refractivity contribution in [3.63, 3.8) is 0 Å². The van der Waals surface area contributed by atoms with Crippen LogP contribution >= 0.6 is 0 Å². The second-order valence-electron chi connectivity index (χ2n) is 8.89. The molecular weight excluding hydrogens is 433 g/mol. The molecule has 3 N–H and O–H groups in total. The highest BCUT2D eigenvalue weighted by Crippen LogP contribution is 2.31. The summed E-state index contributed by atoms with van der Waals surface area (Å²) >= 11 is 0. The van der Waals surface area contributed by atoms with Crippen LogP contribution in [-0.4, -0.2) is 47.3 Å². The number of nitrogens with zero attached hydrogens (tertiary/aromatic N) is 5. The van der Waals surface area contributed by atoms with E-state index in [1.807, 2.05) is 13.0 Å². The number of hydrogen-bond donors (Lipinski definition) is 3. The fourth-order valence-electron chi connectivity index (χ4n) is 4.77. The lowest BCUT2D eigenvalue weighted by molar-refractivity contribution is 0.273. The topological polar surface area (TPSA) is 104 Å². The Hall–Kier alpha value is -3.85. The quantitative estimate of drug-likeness (QED) is 0.370. The maximum absolute atomic E-state index is 13.9. The maximum Gasteiger partial charge on any atom is 0.228 e.